The number of hydrogen-bond donors (Lipinski definition) is 0. The molecule has 5 aromatic carbocycles. The van der Waals surface area contributed by atoms with Crippen LogP contribution in [0.1, 0.15) is 54.2 Å². The maximum atomic E-state index is 2.48. The Hall–Kier alpha value is -3.90. The van der Waals surface area contributed by atoms with Crippen LogP contribution in [0, 0.1) is 20.8 Å². The van der Waals surface area contributed by atoms with Crippen LogP contribution in [-0.2, 0) is 19.3 Å². The van der Waals surface area contributed by atoms with Crippen LogP contribution in [-0.4, -0.2) is 0 Å². The van der Waals surface area contributed by atoms with E-state index in [1.165, 1.54) is 77.9 Å². The van der Waals surface area contributed by atoms with Gasteiger partial charge in [0.25, 0.3) is 0 Å². The lowest BCUT2D eigenvalue weighted by Crippen LogP contribution is -2.03. The topological polar surface area (TPSA) is 0 Å². The smallest absolute Gasteiger partial charge is 0.00206 e. The molecule has 0 fully saturated rings. The first-order valence-electron chi connectivity index (χ1n) is 14.5. The number of hydrogen-bond acceptors (Lipinski definition) is 0. The summed E-state index contributed by atoms with van der Waals surface area (Å²) in [4.78, 5) is 0. The molecule has 0 aliphatic carbocycles. The van der Waals surface area contributed by atoms with Gasteiger partial charge >= 0.3 is 0 Å². The summed E-state index contributed by atoms with van der Waals surface area (Å²) in [6.45, 7) is 13.6. The van der Waals surface area contributed by atoms with Gasteiger partial charge in [-0.2, -0.15) is 0 Å². The van der Waals surface area contributed by atoms with E-state index in [4.69, 9.17) is 0 Å². The summed E-state index contributed by atoms with van der Waals surface area (Å²) in [5, 5.41) is 0. The summed E-state index contributed by atoms with van der Waals surface area (Å²) in [6.07, 6.45) is 2.98. The fourth-order valence-electron chi connectivity index (χ4n) is 6.36. The second-order valence-electron chi connectivity index (χ2n) is 10.8. The first kappa shape index (κ1) is 26.7. The Labute approximate surface area is 235 Å². The van der Waals surface area contributed by atoms with Crippen LogP contribution in [0.5, 0.6) is 0 Å². The fourth-order valence-corrected chi connectivity index (χ4v) is 6.36. The molecule has 39 heavy (non-hydrogen) atoms. The number of benzene rings is 5. The van der Waals surface area contributed by atoms with E-state index in [9.17, 15) is 0 Å². The van der Waals surface area contributed by atoms with Crippen LogP contribution < -0.4 is 0 Å². The maximum absolute atomic E-state index is 2.48. The fraction of sp³-hybridized carbons (Fsp3) is 0.231. The summed E-state index contributed by atoms with van der Waals surface area (Å²) in [7, 11) is 0. The van der Waals surface area contributed by atoms with Crippen molar-refractivity contribution in [1.29, 1.82) is 0 Å². The average Bonchev–Trinajstić information content (AvgIpc) is 2.96. The van der Waals surface area contributed by atoms with Gasteiger partial charge in [0.1, 0.15) is 0 Å². The predicted molar refractivity (Wildman–Crippen MR) is 171 cm³/mol. The molecule has 0 unspecified atom stereocenters. The second-order valence-corrected chi connectivity index (χ2v) is 10.8. The van der Waals surface area contributed by atoms with Crippen LogP contribution in [0.2, 0.25) is 0 Å². The summed E-state index contributed by atoms with van der Waals surface area (Å²) >= 11 is 0. The van der Waals surface area contributed by atoms with Gasteiger partial charge in [0, 0.05) is 0 Å². The third kappa shape index (κ3) is 5.09. The number of rotatable bonds is 7. The third-order valence-corrected chi connectivity index (χ3v) is 8.11. The SMILES string of the molecule is CCc1cccc(-c2cc(-c3ccccc3)c(CC)c(-c3c(C)cc(C)cc3C)c2-c2ccccc2CC)c1. The zero-order valence-corrected chi connectivity index (χ0v) is 24.4. The highest BCUT2D eigenvalue weighted by molar-refractivity contribution is 6.02. The Morgan fingerprint density at radius 1 is 0.462 bits per heavy atom. The van der Waals surface area contributed by atoms with E-state index >= 15 is 0 Å². The monoisotopic (exact) mass is 508 g/mol. The molecule has 0 spiro atoms. The predicted octanol–water partition coefficient (Wildman–Crippen LogP) is 11.0. The lowest BCUT2D eigenvalue weighted by Gasteiger charge is -2.27. The van der Waals surface area contributed by atoms with E-state index in [1.807, 2.05) is 0 Å². The summed E-state index contributed by atoms with van der Waals surface area (Å²) in [5.41, 5.74) is 18.9. The first-order chi connectivity index (χ1) is 19.0. The van der Waals surface area contributed by atoms with Crippen molar-refractivity contribution < 1.29 is 0 Å². The van der Waals surface area contributed by atoms with Crippen LogP contribution in [0.25, 0.3) is 44.5 Å². The minimum Gasteiger partial charge on any atom is -0.0622 e. The van der Waals surface area contributed by atoms with Gasteiger partial charge < -0.3 is 0 Å². The number of aryl methyl sites for hydroxylation is 5. The molecule has 0 atom stereocenters. The standard InChI is InChI=1S/C39H40/c1-7-29-16-15-20-32(24-29)36-25-35(31-18-11-10-12-19-31)33(9-3)39(37-27(5)22-26(4)23-28(37)6)38(36)34-21-14-13-17-30(34)8-2/h10-25H,7-9H2,1-6H3. The van der Waals surface area contributed by atoms with Gasteiger partial charge in [-0.25, -0.2) is 0 Å². The molecular weight excluding hydrogens is 468 g/mol. The second kappa shape index (κ2) is 11.5. The Bertz CT molecular complexity index is 1600. The lowest BCUT2D eigenvalue weighted by molar-refractivity contribution is 1.13. The zero-order valence-electron chi connectivity index (χ0n) is 24.4. The van der Waals surface area contributed by atoms with Gasteiger partial charge in [-0.3, -0.25) is 0 Å². The Morgan fingerprint density at radius 2 is 1.13 bits per heavy atom. The zero-order chi connectivity index (χ0) is 27.5. The van der Waals surface area contributed by atoms with Crippen LogP contribution in [0.4, 0.5) is 0 Å². The molecule has 0 N–H and O–H groups in total. The minimum atomic E-state index is 0.961. The van der Waals surface area contributed by atoms with E-state index in [1.54, 1.807) is 0 Å². The molecule has 196 valence electrons. The highest BCUT2D eigenvalue weighted by atomic mass is 14.3. The van der Waals surface area contributed by atoms with Crippen molar-refractivity contribution in [2.75, 3.05) is 0 Å². The molecule has 0 radical (unpaired) electrons. The van der Waals surface area contributed by atoms with E-state index < -0.39 is 0 Å². The summed E-state index contributed by atoms with van der Waals surface area (Å²) < 4.78 is 0. The molecule has 0 aromatic heterocycles. The molecule has 0 saturated heterocycles. The molecule has 0 amide bonds. The lowest BCUT2D eigenvalue weighted by atomic mass is 9.77. The normalized spacial score (nSPS) is 11.1. The van der Waals surface area contributed by atoms with Crippen molar-refractivity contribution in [3.63, 3.8) is 0 Å². The largest absolute Gasteiger partial charge is 0.0622 e. The van der Waals surface area contributed by atoms with Crippen molar-refractivity contribution in [1.82, 2.24) is 0 Å². The third-order valence-electron chi connectivity index (χ3n) is 8.11. The molecule has 5 rings (SSSR count). The molecule has 0 saturated carbocycles. The van der Waals surface area contributed by atoms with Crippen LogP contribution in [0.15, 0.2) is 97.1 Å². The molecule has 0 nitrogen and oxygen atoms in total. The van der Waals surface area contributed by atoms with Gasteiger partial charge in [0.2, 0.25) is 0 Å². The highest BCUT2D eigenvalue weighted by Crippen LogP contribution is 2.49. The highest BCUT2D eigenvalue weighted by Gasteiger charge is 2.25. The van der Waals surface area contributed by atoms with Gasteiger partial charge in [-0.15, -0.1) is 0 Å². The quantitative estimate of drug-likeness (QED) is 0.205. The van der Waals surface area contributed by atoms with Crippen molar-refractivity contribution in [3.8, 4) is 44.5 Å². The van der Waals surface area contributed by atoms with Gasteiger partial charge in [0.15, 0.2) is 0 Å². The van der Waals surface area contributed by atoms with E-state index in [2.05, 4.69) is 139 Å². The molecular formula is C39H40. The van der Waals surface area contributed by atoms with Crippen molar-refractivity contribution in [2.45, 2.75) is 60.8 Å². The van der Waals surface area contributed by atoms with Gasteiger partial charge in [0.05, 0.1) is 0 Å². The summed E-state index contributed by atoms with van der Waals surface area (Å²) in [6, 6.07) is 36.3. The first-order valence-corrected chi connectivity index (χ1v) is 14.5. The average molecular weight is 509 g/mol. The molecule has 0 bridgehead atoms. The molecule has 0 aliphatic rings. The van der Waals surface area contributed by atoms with Crippen LogP contribution in [0.3, 0.4) is 0 Å². The Morgan fingerprint density at radius 3 is 1.79 bits per heavy atom. The minimum absolute atomic E-state index is 0.961. The van der Waals surface area contributed by atoms with Crippen molar-refractivity contribution >= 4 is 0 Å². The molecule has 5 aromatic rings. The maximum Gasteiger partial charge on any atom is -0.00206 e. The van der Waals surface area contributed by atoms with Gasteiger partial charge in [-0.05, 0) is 118 Å². The Kier molecular flexibility index (Phi) is 7.84. The molecule has 0 aliphatic heterocycles. The molecule has 0 heterocycles. The van der Waals surface area contributed by atoms with Crippen molar-refractivity contribution in [3.05, 3.63) is 130 Å². The van der Waals surface area contributed by atoms with Crippen LogP contribution >= 0.6 is 0 Å². The van der Waals surface area contributed by atoms with Crippen molar-refractivity contribution in [2.24, 2.45) is 0 Å². The molecule has 0 heteroatoms. The van der Waals surface area contributed by atoms with E-state index in [-0.39, 0.29) is 0 Å². The Balaban J connectivity index is 2.04. The van der Waals surface area contributed by atoms with E-state index in [0.717, 1.165) is 19.3 Å². The van der Waals surface area contributed by atoms with E-state index in [0.29, 0.717) is 0 Å². The van der Waals surface area contributed by atoms with Gasteiger partial charge in [-0.1, -0.05) is 117 Å². The summed E-state index contributed by atoms with van der Waals surface area (Å²) in [5.74, 6) is 0.